The molecule has 4 nitrogen and oxygen atoms in total. The summed E-state index contributed by atoms with van der Waals surface area (Å²) in [5.41, 5.74) is 0.799. The van der Waals surface area contributed by atoms with Crippen molar-refractivity contribution in [2.75, 3.05) is 13.7 Å². The molecule has 0 spiro atoms. The van der Waals surface area contributed by atoms with Gasteiger partial charge in [-0.15, -0.1) is 0 Å². The molecule has 0 aliphatic rings. The molecule has 0 saturated heterocycles. The highest BCUT2D eigenvalue weighted by Gasteiger charge is 2.27. The van der Waals surface area contributed by atoms with E-state index in [2.05, 4.69) is 29.1 Å². The topological polar surface area (TPSA) is 49.9 Å². The number of nitrogens with one attached hydrogen (secondary N) is 2. The lowest BCUT2D eigenvalue weighted by Crippen LogP contribution is -2.26. The van der Waals surface area contributed by atoms with Crippen molar-refractivity contribution in [3.8, 4) is 0 Å². The van der Waals surface area contributed by atoms with Gasteiger partial charge < -0.3 is 15.0 Å². The molecule has 4 heteroatoms. The summed E-state index contributed by atoms with van der Waals surface area (Å²) in [6.07, 6.45) is 2.77. The van der Waals surface area contributed by atoms with Crippen LogP contribution in [0.5, 0.6) is 0 Å². The van der Waals surface area contributed by atoms with E-state index in [1.54, 1.807) is 0 Å². The third-order valence-corrected chi connectivity index (χ3v) is 2.63. The van der Waals surface area contributed by atoms with Crippen LogP contribution in [0.3, 0.4) is 0 Å². The number of hydrogen-bond acceptors (Lipinski definition) is 3. The third-order valence-electron chi connectivity index (χ3n) is 2.63. The van der Waals surface area contributed by atoms with Crippen molar-refractivity contribution < 1.29 is 4.74 Å². The average Bonchev–Trinajstić information content (AvgIpc) is 2.68. The van der Waals surface area contributed by atoms with E-state index in [1.807, 2.05) is 20.2 Å². The fraction of sp³-hybridized carbons (Fsp3) is 0.727. The summed E-state index contributed by atoms with van der Waals surface area (Å²) in [7, 11) is 1.92. The number of nitrogens with zero attached hydrogens (tertiary/aromatic N) is 1. The first-order chi connectivity index (χ1) is 7.16. The van der Waals surface area contributed by atoms with Crippen LogP contribution < -0.4 is 5.32 Å². The molecule has 1 aromatic rings. The number of aromatic amines is 1. The molecule has 1 unspecified atom stereocenters. The van der Waals surface area contributed by atoms with E-state index in [0.717, 1.165) is 24.5 Å². The maximum Gasteiger partial charge on any atom is 0.138 e. The van der Waals surface area contributed by atoms with Gasteiger partial charge in [-0.25, -0.2) is 4.98 Å². The predicted octanol–water partition coefficient (Wildman–Crippen LogP) is 1.79. The van der Waals surface area contributed by atoms with Crippen LogP contribution in [0.15, 0.2) is 6.20 Å². The molecule has 1 atom stereocenters. The van der Waals surface area contributed by atoms with E-state index in [-0.39, 0.29) is 5.60 Å². The van der Waals surface area contributed by atoms with Gasteiger partial charge in [-0.3, -0.25) is 0 Å². The van der Waals surface area contributed by atoms with Crippen LogP contribution in [0.1, 0.15) is 38.7 Å². The van der Waals surface area contributed by atoms with Gasteiger partial charge in [0.1, 0.15) is 11.4 Å². The summed E-state index contributed by atoms with van der Waals surface area (Å²) in [6.45, 7) is 7.69. The van der Waals surface area contributed by atoms with Crippen molar-refractivity contribution >= 4 is 0 Å². The zero-order valence-electron chi connectivity index (χ0n) is 10.1. The summed E-state index contributed by atoms with van der Waals surface area (Å²) in [5, 5.41) is 3.09. The van der Waals surface area contributed by atoms with Crippen LogP contribution in [0.4, 0.5) is 0 Å². The lowest BCUT2D eigenvalue weighted by molar-refractivity contribution is -0.0385. The standard InChI is InChI=1S/C11H21N3O/c1-5-11(3,15-6-2)10-13-8-9(14-10)7-12-4/h8,12H,5-7H2,1-4H3,(H,13,14). The molecule has 1 aromatic heterocycles. The SMILES string of the molecule is CCOC(C)(CC)c1ncc(CNC)[nH]1. The van der Waals surface area contributed by atoms with Crippen LogP contribution >= 0.6 is 0 Å². The Bertz CT molecular complexity index is 298. The zero-order chi connectivity index (χ0) is 11.3. The molecule has 0 aliphatic heterocycles. The van der Waals surface area contributed by atoms with Gasteiger partial charge in [0.25, 0.3) is 0 Å². The number of rotatable bonds is 6. The number of ether oxygens (including phenoxy) is 1. The molecule has 0 fully saturated rings. The van der Waals surface area contributed by atoms with Crippen LogP contribution in [-0.4, -0.2) is 23.6 Å². The Balaban J connectivity index is 2.82. The van der Waals surface area contributed by atoms with Crippen molar-refractivity contribution in [3.05, 3.63) is 17.7 Å². The lowest BCUT2D eigenvalue weighted by Gasteiger charge is -2.25. The van der Waals surface area contributed by atoms with E-state index in [1.165, 1.54) is 0 Å². The minimum Gasteiger partial charge on any atom is -0.368 e. The van der Waals surface area contributed by atoms with Crippen LogP contribution in [-0.2, 0) is 16.9 Å². The Morgan fingerprint density at radius 2 is 2.27 bits per heavy atom. The highest BCUT2D eigenvalue weighted by Crippen LogP contribution is 2.26. The largest absolute Gasteiger partial charge is 0.368 e. The monoisotopic (exact) mass is 211 g/mol. The highest BCUT2D eigenvalue weighted by molar-refractivity contribution is 5.07. The summed E-state index contributed by atoms with van der Waals surface area (Å²) >= 11 is 0. The number of imidazole rings is 1. The zero-order valence-corrected chi connectivity index (χ0v) is 10.1. The van der Waals surface area contributed by atoms with Gasteiger partial charge in [0.15, 0.2) is 0 Å². The van der Waals surface area contributed by atoms with E-state index < -0.39 is 0 Å². The van der Waals surface area contributed by atoms with Crippen molar-refractivity contribution in [2.24, 2.45) is 0 Å². The number of hydrogen-bond donors (Lipinski definition) is 2. The first-order valence-corrected chi connectivity index (χ1v) is 5.49. The maximum absolute atomic E-state index is 5.74. The molecule has 0 radical (unpaired) electrons. The van der Waals surface area contributed by atoms with Crippen molar-refractivity contribution in [3.63, 3.8) is 0 Å². The number of aromatic nitrogens is 2. The molecule has 0 aromatic carbocycles. The fourth-order valence-electron chi connectivity index (χ4n) is 1.56. The smallest absolute Gasteiger partial charge is 0.138 e. The van der Waals surface area contributed by atoms with Gasteiger partial charge in [0.05, 0.1) is 0 Å². The van der Waals surface area contributed by atoms with E-state index >= 15 is 0 Å². The van der Waals surface area contributed by atoms with Crippen molar-refractivity contribution in [1.82, 2.24) is 15.3 Å². The third kappa shape index (κ3) is 2.79. The van der Waals surface area contributed by atoms with Gasteiger partial charge in [-0.2, -0.15) is 0 Å². The Kier molecular flexibility index (Phi) is 4.29. The first-order valence-electron chi connectivity index (χ1n) is 5.49. The molecule has 0 aliphatic carbocycles. The van der Waals surface area contributed by atoms with E-state index in [0.29, 0.717) is 6.61 Å². The molecule has 2 N–H and O–H groups in total. The summed E-state index contributed by atoms with van der Waals surface area (Å²) in [4.78, 5) is 7.67. The molecule has 0 saturated carbocycles. The Hall–Kier alpha value is -0.870. The Morgan fingerprint density at radius 1 is 1.53 bits per heavy atom. The molecule has 1 rings (SSSR count). The highest BCUT2D eigenvalue weighted by atomic mass is 16.5. The van der Waals surface area contributed by atoms with E-state index in [9.17, 15) is 0 Å². The second-order valence-corrected chi connectivity index (χ2v) is 3.80. The molecule has 1 heterocycles. The minimum absolute atomic E-state index is 0.291. The Labute approximate surface area is 91.4 Å². The van der Waals surface area contributed by atoms with Gasteiger partial charge in [-0.1, -0.05) is 6.92 Å². The number of H-pyrrole nitrogens is 1. The molecular formula is C11H21N3O. The predicted molar refractivity (Wildman–Crippen MR) is 60.6 cm³/mol. The van der Waals surface area contributed by atoms with Gasteiger partial charge in [-0.05, 0) is 27.3 Å². The first kappa shape index (κ1) is 12.2. The average molecular weight is 211 g/mol. The molecular weight excluding hydrogens is 190 g/mol. The second-order valence-electron chi connectivity index (χ2n) is 3.80. The summed E-state index contributed by atoms with van der Waals surface area (Å²) in [6, 6.07) is 0. The van der Waals surface area contributed by atoms with Crippen LogP contribution in [0.25, 0.3) is 0 Å². The second kappa shape index (κ2) is 5.28. The maximum atomic E-state index is 5.74. The molecule has 0 bridgehead atoms. The van der Waals surface area contributed by atoms with Crippen molar-refractivity contribution in [2.45, 2.75) is 39.3 Å². The van der Waals surface area contributed by atoms with Crippen LogP contribution in [0, 0.1) is 0 Å². The quantitative estimate of drug-likeness (QED) is 0.754. The molecule has 86 valence electrons. The van der Waals surface area contributed by atoms with Gasteiger partial charge in [0, 0.05) is 25.0 Å². The van der Waals surface area contributed by atoms with Gasteiger partial charge in [0.2, 0.25) is 0 Å². The molecule has 15 heavy (non-hydrogen) atoms. The normalized spacial score (nSPS) is 15.2. The van der Waals surface area contributed by atoms with E-state index in [4.69, 9.17) is 4.74 Å². The molecule has 0 amide bonds. The summed E-state index contributed by atoms with van der Waals surface area (Å²) < 4.78 is 5.74. The lowest BCUT2D eigenvalue weighted by atomic mass is 10.0. The summed E-state index contributed by atoms with van der Waals surface area (Å²) in [5.74, 6) is 0.914. The van der Waals surface area contributed by atoms with Crippen molar-refractivity contribution in [1.29, 1.82) is 0 Å². The van der Waals surface area contributed by atoms with Crippen LogP contribution in [0.2, 0.25) is 0 Å². The minimum atomic E-state index is -0.291. The van der Waals surface area contributed by atoms with Gasteiger partial charge >= 0.3 is 0 Å². The fourth-order valence-corrected chi connectivity index (χ4v) is 1.56. The Morgan fingerprint density at radius 3 is 2.80 bits per heavy atom.